The number of benzene rings is 1. The first kappa shape index (κ1) is 17.2. The lowest BCUT2D eigenvalue weighted by atomic mass is 9.97. The van der Waals surface area contributed by atoms with Gasteiger partial charge in [0.05, 0.1) is 0 Å². The topological polar surface area (TPSA) is 55.1 Å². The van der Waals surface area contributed by atoms with Crippen molar-refractivity contribution >= 4 is 11.8 Å². The third kappa shape index (κ3) is 3.70. The van der Waals surface area contributed by atoms with Gasteiger partial charge in [-0.05, 0) is 43.7 Å². The van der Waals surface area contributed by atoms with Gasteiger partial charge in [0.2, 0.25) is 0 Å². The van der Waals surface area contributed by atoms with Gasteiger partial charge in [-0.15, -0.1) is 11.8 Å². The molecule has 0 bridgehead atoms. The van der Waals surface area contributed by atoms with Gasteiger partial charge in [0.15, 0.2) is 0 Å². The minimum Gasteiger partial charge on any atom is -0.396 e. The van der Waals surface area contributed by atoms with E-state index in [4.69, 9.17) is 5.11 Å². The van der Waals surface area contributed by atoms with Crippen molar-refractivity contribution in [1.82, 2.24) is 9.55 Å². The molecule has 1 aromatic carbocycles. The van der Waals surface area contributed by atoms with Gasteiger partial charge < -0.3 is 5.11 Å². The van der Waals surface area contributed by atoms with Crippen LogP contribution >= 0.6 is 11.8 Å². The van der Waals surface area contributed by atoms with E-state index in [-0.39, 0.29) is 18.1 Å². The predicted molar refractivity (Wildman–Crippen MR) is 92.8 cm³/mol. The highest BCUT2D eigenvalue weighted by molar-refractivity contribution is 7.98. The van der Waals surface area contributed by atoms with Gasteiger partial charge in [0, 0.05) is 30.2 Å². The van der Waals surface area contributed by atoms with Crippen LogP contribution < -0.4 is 5.69 Å². The summed E-state index contributed by atoms with van der Waals surface area (Å²) in [6.45, 7) is 0.563. The molecule has 0 unspecified atom stereocenters. The van der Waals surface area contributed by atoms with E-state index in [1.807, 2.05) is 6.07 Å². The average Bonchev–Trinajstić information content (AvgIpc) is 2.60. The van der Waals surface area contributed by atoms with Crippen LogP contribution in [0.15, 0.2) is 34.1 Å². The molecule has 0 atom stereocenters. The van der Waals surface area contributed by atoms with Crippen molar-refractivity contribution in [3.63, 3.8) is 0 Å². The van der Waals surface area contributed by atoms with Crippen molar-refractivity contribution in [1.29, 1.82) is 0 Å². The van der Waals surface area contributed by atoms with Gasteiger partial charge in [-0.1, -0.05) is 18.2 Å². The molecule has 128 valence electrons. The number of nitrogens with zero attached hydrogens (tertiary/aromatic N) is 2. The van der Waals surface area contributed by atoms with Crippen LogP contribution in [0.3, 0.4) is 0 Å². The Hall–Kier alpha value is -1.66. The molecule has 1 heterocycles. The van der Waals surface area contributed by atoms with Gasteiger partial charge in [-0.25, -0.2) is 9.18 Å². The van der Waals surface area contributed by atoms with E-state index in [0.29, 0.717) is 24.3 Å². The standard InChI is InChI=1S/C18H21FN2O2S/c19-15-8-3-1-6-13(15)12-24-17-14-7-2-4-9-16(14)21(10-5-11-22)18(23)20-17/h1,3,6,8,22H,2,4-5,7,9-12H2. The fourth-order valence-corrected chi connectivity index (χ4v) is 4.15. The van der Waals surface area contributed by atoms with Gasteiger partial charge in [-0.3, -0.25) is 4.57 Å². The van der Waals surface area contributed by atoms with E-state index >= 15 is 0 Å². The number of halogens is 1. The first-order valence-corrected chi connectivity index (χ1v) is 9.29. The van der Waals surface area contributed by atoms with E-state index in [1.165, 1.54) is 17.8 Å². The predicted octanol–water partition coefficient (Wildman–Crippen LogP) is 2.94. The number of hydrogen-bond donors (Lipinski definition) is 1. The van der Waals surface area contributed by atoms with Crippen LogP contribution in [0.1, 0.15) is 36.1 Å². The highest BCUT2D eigenvalue weighted by Gasteiger charge is 2.20. The Bertz CT molecular complexity index is 776. The third-order valence-corrected chi connectivity index (χ3v) is 5.38. The second-order valence-corrected chi connectivity index (χ2v) is 6.90. The van der Waals surface area contributed by atoms with E-state index in [0.717, 1.165) is 42.0 Å². The molecule has 1 N–H and O–H groups in total. The Morgan fingerprint density at radius 2 is 2.04 bits per heavy atom. The SMILES string of the molecule is O=c1nc(SCc2ccccc2F)c2c(n1CCCO)CCCC2. The summed E-state index contributed by atoms with van der Waals surface area (Å²) < 4.78 is 15.5. The summed E-state index contributed by atoms with van der Waals surface area (Å²) >= 11 is 1.44. The van der Waals surface area contributed by atoms with E-state index in [9.17, 15) is 9.18 Å². The highest BCUT2D eigenvalue weighted by atomic mass is 32.2. The minimum atomic E-state index is -0.264. The Kier molecular flexibility index (Phi) is 5.68. The first-order valence-electron chi connectivity index (χ1n) is 8.30. The van der Waals surface area contributed by atoms with Crippen LogP contribution in [0.2, 0.25) is 0 Å². The number of fused-ring (bicyclic) bond motifs is 1. The number of hydrogen-bond acceptors (Lipinski definition) is 4. The zero-order valence-corrected chi connectivity index (χ0v) is 14.3. The van der Waals surface area contributed by atoms with Crippen LogP contribution in [-0.2, 0) is 25.1 Å². The molecule has 0 amide bonds. The van der Waals surface area contributed by atoms with Gasteiger partial charge in [0.1, 0.15) is 10.8 Å². The first-order chi connectivity index (χ1) is 11.7. The largest absolute Gasteiger partial charge is 0.396 e. The molecule has 6 heteroatoms. The van der Waals surface area contributed by atoms with E-state index in [1.54, 1.807) is 16.7 Å². The summed E-state index contributed by atoms with van der Waals surface area (Å²) in [5, 5.41) is 9.77. The van der Waals surface area contributed by atoms with Crippen LogP contribution in [0.25, 0.3) is 0 Å². The molecule has 0 spiro atoms. The maximum atomic E-state index is 13.8. The van der Waals surface area contributed by atoms with Gasteiger partial charge in [0.25, 0.3) is 0 Å². The lowest BCUT2D eigenvalue weighted by molar-refractivity contribution is 0.277. The Labute approximate surface area is 144 Å². The zero-order valence-electron chi connectivity index (χ0n) is 13.5. The van der Waals surface area contributed by atoms with Gasteiger partial charge in [-0.2, -0.15) is 4.98 Å². The summed E-state index contributed by atoms with van der Waals surface area (Å²) in [6, 6.07) is 6.70. The Morgan fingerprint density at radius 3 is 2.83 bits per heavy atom. The molecular formula is C18H21FN2O2S. The third-order valence-electron chi connectivity index (χ3n) is 4.31. The molecule has 24 heavy (non-hydrogen) atoms. The van der Waals surface area contributed by atoms with Crippen LogP contribution in [0.5, 0.6) is 0 Å². The summed E-state index contributed by atoms with van der Waals surface area (Å²) in [6.07, 6.45) is 4.47. The smallest absolute Gasteiger partial charge is 0.348 e. The van der Waals surface area contributed by atoms with Crippen molar-refractivity contribution in [2.75, 3.05) is 6.61 Å². The maximum Gasteiger partial charge on any atom is 0.348 e. The van der Waals surface area contributed by atoms with Gasteiger partial charge >= 0.3 is 5.69 Å². The number of aliphatic hydroxyl groups is 1. The normalized spacial score (nSPS) is 13.8. The molecule has 4 nitrogen and oxygen atoms in total. The highest BCUT2D eigenvalue weighted by Crippen LogP contribution is 2.30. The van der Waals surface area contributed by atoms with Crippen LogP contribution in [-0.4, -0.2) is 21.3 Å². The Balaban J connectivity index is 1.89. The summed E-state index contributed by atoms with van der Waals surface area (Å²) in [5.74, 6) is 0.238. The molecule has 0 aliphatic heterocycles. The second kappa shape index (κ2) is 7.94. The lowest BCUT2D eigenvalue weighted by Gasteiger charge is -2.22. The number of rotatable bonds is 6. The molecule has 1 aliphatic carbocycles. The van der Waals surface area contributed by atoms with Crippen LogP contribution in [0, 0.1) is 5.82 Å². The molecule has 0 fully saturated rings. The lowest BCUT2D eigenvalue weighted by Crippen LogP contribution is -2.30. The number of thioether (sulfide) groups is 1. The molecule has 2 aromatic rings. The van der Waals surface area contributed by atoms with Crippen molar-refractivity contribution in [2.45, 2.75) is 49.4 Å². The van der Waals surface area contributed by atoms with Crippen molar-refractivity contribution in [2.24, 2.45) is 0 Å². The fourth-order valence-electron chi connectivity index (χ4n) is 3.09. The molecular weight excluding hydrogens is 327 g/mol. The number of aromatic nitrogens is 2. The summed E-state index contributed by atoms with van der Waals surface area (Å²) in [7, 11) is 0. The van der Waals surface area contributed by atoms with Crippen molar-refractivity contribution in [3.8, 4) is 0 Å². The molecule has 0 radical (unpaired) electrons. The number of aliphatic hydroxyl groups excluding tert-OH is 1. The van der Waals surface area contributed by atoms with E-state index in [2.05, 4.69) is 4.98 Å². The van der Waals surface area contributed by atoms with Crippen molar-refractivity contribution in [3.05, 3.63) is 57.4 Å². The monoisotopic (exact) mass is 348 g/mol. The summed E-state index contributed by atoms with van der Waals surface area (Å²) in [4.78, 5) is 16.6. The zero-order chi connectivity index (χ0) is 16.9. The molecule has 0 saturated carbocycles. The molecule has 1 aliphatic rings. The second-order valence-electron chi connectivity index (χ2n) is 5.94. The quantitative estimate of drug-likeness (QED) is 0.644. The van der Waals surface area contributed by atoms with E-state index < -0.39 is 0 Å². The Morgan fingerprint density at radius 1 is 1.25 bits per heavy atom. The fraction of sp³-hybridized carbons (Fsp3) is 0.444. The van der Waals surface area contributed by atoms with Crippen LogP contribution in [0.4, 0.5) is 4.39 Å². The summed E-state index contributed by atoms with van der Waals surface area (Å²) in [5.41, 5.74) is 2.53. The maximum absolute atomic E-state index is 13.8. The minimum absolute atomic E-state index is 0.0605. The average molecular weight is 348 g/mol. The molecule has 1 aromatic heterocycles. The molecule has 3 rings (SSSR count). The molecule has 0 saturated heterocycles. The van der Waals surface area contributed by atoms with Crippen molar-refractivity contribution < 1.29 is 9.50 Å².